The molecule has 7 heteroatoms. The summed E-state index contributed by atoms with van der Waals surface area (Å²) in [5, 5.41) is 2.80. The quantitative estimate of drug-likeness (QED) is 0.827. The average molecular weight is 382 g/mol. The summed E-state index contributed by atoms with van der Waals surface area (Å²) in [6.45, 7) is 6.70. The van der Waals surface area contributed by atoms with Crippen LogP contribution in [0.5, 0.6) is 5.75 Å². The summed E-state index contributed by atoms with van der Waals surface area (Å²) in [4.78, 5) is 33.7. The fourth-order valence-electron chi connectivity index (χ4n) is 3.24. The highest BCUT2D eigenvalue weighted by molar-refractivity contribution is 5.99. The number of rotatable bonds is 6. The third-order valence-electron chi connectivity index (χ3n) is 4.71. The van der Waals surface area contributed by atoms with Crippen LogP contribution in [0, 0.1) is 0 Å². The predicted molar refractivity (Wildman–Crippen MR) is 108 cm³/mol. The van der Waals surface area contributed by atoms with Crippen LogP contribution in [0.3, 0.4) is 0 Å². The van der Waals surface area contributed by atoms with Crippen LogP contribution in [-0.4, -0.2) is 60.5 Å². The summed E-state index contributed by atoms with van der Waals surface area (Å²) in [6.07, 6.45) is 1.77. The molecule has 2 aromatic rings. The standard InChI is InChI=1S/C21H26N4O3/c1-3-28-18-9-5-4-8-17(18)20(26)23-16(2)21(27)25-14-12-24(13-15-25)19-10-6-7-11-22-19/h4-11,16H,3,12-15H2,1-2H3,(H,23,26)/t16-/m0/s1. The Morgan fingerprint density at radius 2 is 1.82 bits per heavy atom. The van der Waals surface area contributed by atoms with Crippen LogP contribution in [0.1, 0.15) is 24.2 Å². The number of ether oxygens (including phenoxy) is 1. The molecule has 0 bridgehead atoms. The first-order chi connectivity index (χ1) is 13.6. The fourth-order valence-corrected chi connectivity index (χ4v) is 3.24. The largest absolute Gasteiger partial charge is 0.493 e. The first kappa shape index (κ1) is 19.7. The molecule has 7 nitrogen and oxygen atoms in total. The van der Waals surface area contributed by atoms with E-state index >= 15 is 0 Å². The molecule has 1 N–H and O–H groups in total. The number of para-hydroxylation sites is 1. The van der Waals surface area contributed by atoms with Crippen molar-refractivity contribution < 1.29 is 14.3 Å². The monoisotopic (exact) mass is 382 g/mol. The molecule has 2 heterocycles. The summed E-state index contributed by atoms with van der Waals surface area (Å²) in [5.74, 6) is 1.05. The molecule has 3 rings (SSSR count). The number of anilines is 1. The van der Waals surface area contributed by atoms with Gasteiger partial charge in [0.2, 0.25) is 5.91 Å². The van der Waals surface area contributed by atoms with E-state index in [0.717, 1.165) is 18.9 Å². The number of pyridine rings is 1. The zero-order valence-corrected chi connectivity index (χ0v) is 16.3. The minimum Gasteiger partial charge on any atom is -0.493 e. The topological polar surface area (TPSA) is 74.8 Å². The summed E-state index contributed by atoms with van der Waals surface area (Å²) >= 11 is 0. The number of hydrogen-bond acceptors (Lipinski definition) is 5. The number of carbonyl (C=O) groups excluding carboxylic acids is 2. The van der Waals surface area contributed by atoms with Crippen molar-refractivity contribution >= 4 is 17.6 Å². The van der Waals surface area contributed by atoms with E-state index in [2.05, 4.69) is 15.2 Å². The fraction of sp³-hybridized carbons (Fsp3) is 0.381. The van der Waals surface area contributed by atoms with Crippen LogP contribution < -0.4 is 15.0 Å². The number of benzene rings is 1. The van der Waals surface area contributed by atoms with Gasteiger partial charge in [0.15, 0.2) is 0 Å². The molecular weight excluding hydrogens is 356 g/mol. The molecule has 0 saturated carbocycles. The Bertz CT molecular complexity index is 804. The maximum atomic E-state index is 12.8. The van der Waals surface area contributed by atoms with Crippen molar-refractivity contribution in [2.24, 2.45) is 0 Å². The summed E-state index contributed by atoms with van der Waals surface area (Å²) in [7, 11) is 0. The lowest BCUT2D eigenvalue weighted by atomic mass is 10.1. The van der Waals surface area contributed by atoms with Crippen molar-refractivity contribution in [1.29, 1.82) is 0 Å². The molecule has 28 heavy (non-hydrogen) atoms. The lowest BCUT2D eigenvalue weighted by Crippen LogP contribution is -2.54. The predicted octanol–water partition coefficient (Wildman–Crippen LogP) is 1.95. The number of nitrogens with zero attached hydrogens (tertiary/aromatic N) is 3. The van der Waals surface area contributed by atoms with Crippen molar-refractivity contribution in [3.63, 3.8) is 0 Å². The molecule has 1 saturated heterocycles. The number of aromatic nitrogens is 1. The Morgan fingerprint density at radius 3 is 2.50 bits per heavy atom. The lowest BCUT2D eigenvalue weighted by Gasteiger charge is -2.36. The number of amides is 2. The van der Waals surface area contributed by atoms with Gasteiger partial charge in [-0.05, 0) is 38.1 Å². The molecule has 1 atom stereocenters. The van der Waals surface area contributed by atoms with E-state index in [9.17, 15) is 9.59 Å². The molecule has 1 aliphatic rings. The molecular formula is C21H26N4O3. The first-order valence-corrected chi connectivity index (χ1v) is 9.57. The average Bonchev–Trinajstić information content (AvgIpc) is 2.74. The molecule has 2 amide bonds. The smallest absolute Gasteiger partial charge is 0.255 e. The molecule has 1 aliphatic heterocycles. The van der Waals surface area contributed by atoms with Gasteiger partial charge < -0.3 is 19.9 Å². The highest BCUT2D eigenvalue weighted by Gasteiger charge is 2.27. The maximum absolute atomic E-state index is 12.8. The van der Waals surface area contributed by atoms with Gasteiger partial charge in [0, 0.05) is 32.4 Å². The van der Waals surface area contributed by atoms with Crippen molar-refractivity contribution in [3.8, 4) is 5.75 Å². The molecule has 0 spiro atoms. The third kappa shape index (κ3) is 4.60. The van der Waals surface area contributed by atoms with Gasteiger partial charge in [-0.2, -0.15) is 0 Å². The second kappa shape index (κ2) is 9.21. The van der Waals surface area contributed by atoms with Gasteiger partial charge in [0.25, 0.3) is 5.91 Å². The van der Waals surface area contributed by atoms with Gasteiger partial charge in [-0.3, -0.25) is 9.59 Å². The molecule has 1 fully saturated rings. The van der Waals surface area contributed by atoms with Gasteiger partial charge >= 0.3 is 0 Å². The molecule has 0 aliphatic carbocycles. The summed E-state index contributed by atoms with van der Waals surface area (Å²) in [5.41, 5.74) is 0.434. The third-order valence-corrected chi connectivity index (χ3v) is 4.71. The van der Waals surface area contributed by atoms with Crippen molar-refractivity contribution in [3.05, 3.63) is 54.2 Å². The van der Waals surface area contributed by atoms with E-state index in [1.54, 1.807) is 36.2 Å². The molecule has 148 valence electrons. The van der Waals surface area contributed by atoms with Crippen LogP contribution in [0.25, 0.3) is 0 Å². The Morgan fingerprint density at radius 1 is 1.11 bits per heavy atom. The first-order valence-electron chi connectivity index (χ1n) is 9.57. The Hall–Kier alpha value is -3.09. The summed E-state index contributed by atoms with van der Waals surface area (Å²) in [6, 6.07) is 12.2. The normalized spacial score (nSPS) is 15.1. The molecule has 1 aromatic carbocycles. The van der Waals surface area contributed by atoms with Crippen LogP contribution in [0.15, 0.2) is 48.7 Å². The second-order valence-corrected chi connectivity index (χ2v) is 6.62. The SMILES string of the molecule is CCOc1ccccc1C(=O)N[C@@H](C)C(=O)N1CCN(c2ccccn2)CC1. The Kier molecular flexibility index (Phi) is 6.47. The van der Waals surface area contributed by atoms with Gasteiger partial charge in [-0.15, -0.1) is 0 Å². The van der Waals surface area contributed by atoms with Crippen molar-refractivity contribution in [1.82, 2.24) is 15.2 Å². The van der Waals surface area contributed by atoms with Gasteiger partial charge in [0.1, 0.15) is 17.6 Å². The van der Waals surface area contributed by atoms with Crippen LogP contribution in [0.2, 0.25) is 0 Å². The minimum atomic E-state index is -0.608. The van der Waals surface area contributed by atoms with Gasteiger partial charge in [-0.1, -0.05) is 18.2 Å². The van der Waals surface area contributed by atoms with Crippen LogP contribution >= 0.6 is 0 Å². The van der Waals surface area contributed by atoms with Crippen LogP contribution in [0.4, 0.5) is 5.82 Å². The van der Waals surface area contributed by atoms with Gasteiger partial charge in [0.05, 0.1) is 12.2 Å². The number of nitrogens with one attached hydrogen (secondary N) is 1. The minimum absolute atomic E-state index is 0.0806. The molecule has 1 aromatic heterocycles. The van der Waals surface area contributed by atoms with E-state index in [0.29, 0.717) is 31.0 Å². The second-order valence-electron chi connectivity index (χ2n) is 6.62. The number of piperazine rings is 1. The summed E-state index contributed by atoms with van der Waals surface area (Å²) < 4.78 is 5.50. The zero-order valence-electron chi connectivity index (χ0n) is 16.3. The van der Waals surface area contributed by atoms with Crippen molar-refractivity contribution in [2.75, 3.05) is 37.7 Å². The highest BCUT2D eigenvalue weighted by atomic mass is 16.5. The molecule has 0 unspecified atom stereocenters. The highest BCUT2D eigenvalue weighted by Crippen LogP contribution is 2.18. The Balaban J connectivity index is 1.56. The van der Waals surface area contributed by atoms with E-state index in [-0.39, 0.29) is 11.8 Å². The zero-order chi connectivity index (χ0) is 19.9. The van der Waals surface area contributed by atoms with E-state index < -0.39 is 6.04 Å². The van der Waals surface area contributed by atoms with E-state index in [1.807, 2.05) is 31.2 Å². The Labute approximate surface area is 165 Å². The number of carbonyl (C=O) groups is 2. The molecule has 0 radical (unpaired) electrons. The van der Waals surface area contributed by atoms with Crippen LogP contribution in [-0.2, 0) is 4.79 Å². The lowest BCUT2D eigenvalue weighted by molar-refractivity contribution is -0.133. The van der Waals surface area contributed by atoms with Crippen molar-refractivity contribution in [2.45, 2.75) is 19.9 Å². The van der Waals surface area contributed by atoms with E-state index in [1.165, 1.54) is 0 Å². The van der Waals surface area contributed by atoms with Gasteiger partial charge in [-0.25, -0.2) is 4.98 Å². The number of hydrogen-bond donors (Lipinski definition) is 1. The maximum Gasteiger partial charge on any atom is 0.255 e. The van der Waals surface area contributed by atoms with E-state index in [4.69, 9.17) is 4.74 Å².